The summed E-state index contributed by atoms with van der Waals surface area (Å²) in [5, 5.41) is 0. The molecule has 0 spiro atoms. The second-order valence-electron chi connectivity index (χ2n) is 2.43. The standard InChI is InChI=1S/C8H10F2N2/c1-2-5-3-4-6(7(9)10)8(11)12-5/h3-4,7H,2H2,1H3,(H2,11,12). The van der Waals surface area contributed by atoms with Crippen LogP contribution >= 0.6 is 0 Å². The van der Waals surface area contributed by atoms with Crippen molar-refractivity contribution in [3.05, 3.63) is 23.4 Å². The van der Waals surface area contributed by atoms with E-state index < -0.39 is 6.43 Å². The maximum Gasteiger partial charge on any atom is 0.267 e. The molecule has 0 aliphatic rings. The van der Waals surface area contributed by atoms with E-state index in [0.29, 0.717) is 6.42 Å². The number of hydrogen-bond acceptors (Lipinski definition) is 2. The van der Waals surface area contributed by atoms with Crippen molar-refractivity contribution in [2.45, 2.75) is 19.8 Å². The number of nitrogen functional groups attached to an aromatic ring is 1. The van der Waals surface area contributed by atoms with Crippen LogP contribution in [-0.4, -0.2) is 4.98 Å². The molecule has 66 valence electrons. The van der Waals surface area contributed by atoms with E-state index in [0.717, 1.165) is 5.69 Å². The molecule has 2 nitrogen and oxygen atoms in total. The molecule has 0 aromatic carbocycles. The lowest BCUT2D eigenvalue weighted by atomic mass is 10.2. The second-order valence-corrected chi connectivity index (χ2v) is 2.43. The van der Waals surface area contributed by atoms with Gasteiger partial charge in [0.15, 0.2) is 0 Å². The molecule has 4 heteroatoms. The van der Waals surface area contributed by atoms with Crippen molar-refractivity contribution in [3.8, 4) is 0 Å². The third kappa shape index (κ3) is 1.69. The van der Waals surface area contributed by atoms with E-state index >= 15 is 0 Å². The van der Waals surface area contributed by atoms with Crippen molar-refractivity contribution in [2.24, 2.45) is 0 Å². The van der Waals surface area contributed by atoms with Crippen LogP contribution in [0.4, 0.5) is 14.6 Å². The average Bonchev–Trinajstić information content (AvgIpc) is 2.03. The van der Waals surface area contributed by atoms with E-state index in [-0.39, 0.29) is 11.4 Å². The molecule has 0 amide bonds. The Hall–Kier alpha value is -1.19. The highest BCUT2D eigenvalue weighted by molar-refractivity contribution is 5.40. The maximum absolute atomic E-state index is 12.1. The van der Waals surface area contributed by atoms with Crippen LogP contribution in [0.3, 0.4) is 0 Å². The van der Waals surface area contributed by atoms with Crippen LogP contribution in [-0.2, 0) is 6.42 Å². The van der Waals surface area contributed by atoms with Crippen LogP contribution in [0.15, 0.2) is 12.1 Å². The minimum atomic E-state index is -2.54. The summed E-state index contributed by atoms with van der Waals surface area (Å²) in [7, 11) is 0. The maximum atomic E-state index is 12.1. The van der Waals surface area contributed by atoms with Gasteiger partial charge in [0.05, 0.1) is 5.56 Å². The zero-order valence-electron chi connectivity index (χ0n) is 6.72. The first kappa shape index (κ1) is 8.90. The molecule has 1 aromatic heterocycles. The molecule has 0 saturated heterocycles. The van der Waals surface area contributed by atoms with Gasteiger partial charge in [-0.3, -0.25) is 0 Å². The van der Waals surface area contributed by atoms with Gasteiger partial charge in [-0.1, -0.05) is 6.92 Å². The minimum Gasteiger partial charge on any atom is -0.383 e. The minimum absolute atomic E-state index is 0.0654. The van der Waals surface area contributed by atoms with E-state index in [2.05, 4.69) is 4.98 Å². The smallest absolute Gasteiger partial charge is 0.267 e. The molecular weight excluding hydrogens is 162 g/mol. The predicted octanol–water partition coefficient (Wildman–Crippen LogP) is 2.16. The van der Waals surface area contributed by atoms with Crippen LogP contribution in [0.25, 0.3) is 0 Å². The summed E-state index contributed by atoms with van der Waals surface area (Å²) in [4.78, 5) is 3.81. The fraction of sp³-hybridized carbons (Fsp3) is 0.375. The van der Waals surface area contributed by atoms with Gasteiger partial charge in [0, 0.05) is 5.69 Å². The van der Waals surface area contributed by atoms with Crippen molar-refractivity contribution >= 4 is 5.82 Å². The molecule has 0 bridgehead atoms. The Balaban J connectivity index is 3.03. The summed E-state index contributed by atoms with van der Waals surface area (Å²) >= 11 is 0. The Kier molecular flexibility index (Phi) is 2.58. The zero-order valence-corrected chi connectivity index (χ0v) is 6.72. The molecule has 0 radical (unpaired) electrons. The Labute approximate surface area is 69.4 Å². The van der Waals surface area contributed by atoms with Crippen LogP contribution in [0, 0.1) is 0 Å². The van der Waals surface area contributed by atoms with Crippen molar-refractivity contribution < 1.29 is 8.78 Å². The molecule has 1 rings (SSSR count). The fourth-order valence-corrected chi connectivity index (χ4v) is 0.909. The van der Waals surface area contributed by atoms with E-state index in [9.17, 15) is 8.78 Å². The van der Waals surface area contributed by atoms with Gasteiger partial charge in [0.2, 0.25) is 0 Å². The summed E-state index contributed by atoms with van der Waals surface area (Å²) in [5.41, 5.74) is 5.85. The number of halogens is 2. The van der Waals surface area contributed by atoms with Crippen molar-refractivity contribution in [2.75, 3.05) is 5.73 Å². The van der Waals surface area contributed by atoms with Crippen molar-refractivity contribution in [1.29, 1.82) is 0 Å². The molecule has 0 aliphatic carbocycles. The normalized spacial score (nSPS) is 10.7. The quantitative estimate of drug-likeness (QED) is 0.742. The lowest BCUT2D eigenvalue weighted by Crippen LogP contribution is -2.00. The fourth-order valence-electron chi connectivity index (χ4n) is 0.909. The molecule has 1 heterocycles. The van der Waals surface area contributed by atoms with Crippen LogP contribution in [0.1, 0.15) is 24.6 Å². The molecule has 0 aliphatic heterocycles. The van der Waals surface area contributed by atoms with E-state index in [1.54, 1.807) is 6.07 Å². The first-order valence-corrected chi connectivity index (χ1v) is 3.68. The average molecular weight is 172 g/mol. The summed E-state index contributed by atoms with van der Waals surface area (Å²) in [6, 6.07) is 2.89. The first-order valence-electron chi connectivity index (χ1n) is 3.68. The molecule has 0 unspecified atom stereocenters. The Morgan fingerprint density at radius 2 is 2.17 bits per heavy atom. The predicted molar refractivity (Wildman–Crippen MR) is 43.0 cm³/mol. The SMILES string of the molecule is CCc1ccc(C(F)F)c(N)n1. The molecule has 2 N–H and O–H groups in total. The number of aryl methyl sites for hydroxylation is 1. The van der Waals surface area contributed by atoms with Gasteiger partial charge in [-0.25, -0.2) is 13.8 Å². The molecule has 12 heavy (non-hydrogen) atoms. The summed E-state index contributed by atoms with van der Waals surface area (Å²) in [5.74, 6) is -0.0654. The third-order valence-corrected chi connectivity index (χ3v) is 1.61. The number of nitrogens with zero attached hydrogens (tertiary/aromatic N) is 1. The van der Waals surface area contributed by atoms with Gasteiger partial charge in [-0.2, -0.15) is 0 Å². The van der Waals surface area contributed by atoms with Crippen molar-refractivity contribution in [1.82, 2.24) is 4.98 Å². The molecule has 0 saturated carbocycles. The van der Waals surface area contributed by atoms with Crippen LogP contribution in [0.2, 0.25) is 0 Å². The van der Waals surface area contributed by atoms with E-state index in [4.69, 9.17) is 5.73 Å². The lowest BCUT2D eigenvalue weighted by Gasteiger charge is -2.04. The molecule has 0 fully saturated rings. The number of rotatable bonds is 2. The summed E-state index contributed by atoms with van der Waals surface area (Å²) in [6.45, 7) is 1.89. The number of alkyl halides is 2. The number of nitrogens with two attached hydrogens (primary N) is 1. The highest BCUT2D eigenvalue weighted by atomic mass is 19.3. The number of aromatic nitrogens is 1. The largest absolute Gasteiger partial charge is 0.383 e. The van der Waals surface area contributed by atoms with Gasteiger partial charge >= 0.3 is 0 Å². The molecular formula is C8H10F2N2. The number of hydrogen-bond donors (Lipinski definition) is 1. The van der Waals surface area contributed by atoms with E-state index in [1.165, 1.54) is 6.07 Å². The Morgan fingerprint density at radius 1 is 1.50 bits per heavy atom. The van der Waals surface area contributed by atoms with Gasteiger partial charge in [0.1, 0.15) is 5.82 Å². The highest BCUT2D eigenvalue weighted by Gasteiger charge is 2.11. The second kappa shape index (κ2) is 3.47. The zero-order chi connectivity index (χ0) is 9.14. The third-order valence-electron chi connectivity index (χ3n) is 1.61. The first-order chi connectivity index (χ1) is 5.65. The lowest BCUT2D eigenvalue weighted by molar-refractivity contribution is 0.152. The Bertz CT molecular complexity index is 274. The summed E-state index contributed by atoms with van der Waals surface area (Å²) in [6.07, 6.45) is -1.84. The number of pyridine rings is 1. The van der Waals surface area contributed by atoms with Crippen LogP contribution < -0.4 is 5.73 Å². The monoisotopic (exact) mass is 172 g/mol. The van der Waals surface area contributed by atoms with Gasteiger partial charge < -0.3 is 5.73 Å². The van der Waals surface area contributed by atoms with Gasteiger partial charge in [-0.15, -0.1) is 0 Å². The Morgan fingerprint density at radius 3 is 2.58 bits per heavy atom. The molecule has 1 aromatic rings. The van der Waals surface area contributed by atoms with Gasteiger partial charge in [-0.05, 0) is 18.6 Å². The van der Waals surface area contributed by atoms with E-state index in [1.807, 2.05) is 6.92 Å². The summed E-state index contributed by atoms with van der Waals surface area (Å²) < 4.78 is 24.3. The van der Waals surface area contributed by atoms with Crippen LogP contribution in [0.5, 0.6) is 0 Å². The highest BCUT2D eigenvalue weighted by Crippen LogP contribution is 2.23. The number of anilines is 1. The molecule has 0 atom stereocenters. The van der Waals surface area contributed by atoms with Crippen molar-refractivity contribution in [3.63, 3.8) is 0 Å². The topological polar surface area (TPSA) is 38.9 Å². The van der Waals surface area contributed by atoms with Gasteiger partial charge in [0.25, 0.3) is 6.43 Å².